The number of anilines is 1. The van der Waals surface area contributed by atoms with Gasteiger partial charge in [0.2, 0.25) is 0 Å². The summed E-state index contributed by atoms with van der Waals surface area (Å²) in [7, 11) is 0. The SMILES string of the molecule is O=C(O)Nc1ccc(-n2c(=O)[nH]c3ccccc32)cc1. The molecule has 0 atom stereocenters. The summed E-state index contributed by atoms with van der Waals surface area (Å²) >= 11 is 0. The number of hydrogen-bond acceptors (Lipinski definition) is 2. The predicted molar refractivity (Wildman–Crippen MR) is 75.5 cm³/mol. The maximum atomic E-state index is 12.0. The Morgan fingerprint density at radius 2 is 1.80 bits per heavy atom. The Bertz CT molecular complexity index is 831. The van der Waals surface area contributed by atoms with Gasteiger partial charge in [0.15, 0.2) is 0 Å². The Morgan fingerprint density at radius 3 is 2.50 bits per heavy atom. The fourth-order valence-corrected chi connectivity index (χ4v) is 2.13. The molecular weight excluding hydrogens is 258 g/mol. The van der Waals surface area contributed by atoms with Crippen LogP contribution in [-0.4, -0.2) is 20.8 Å². The third kappa shape index (κ3) is 2.03. The highest BCUT2D eigenvalue weighted by Gasteiger charge is 2.08. The highest BCUT2D eigenvalue weighted by atomic mass is 16.4. The molecule has 1 amide bonds. The number of nitrogens with one attached hydrogen (secondary N) is 2. The van der Waals surface area contributed by atoms with E-state index >= 15 is 0 Å². The van der Waals surface area contributed by atoms with Crippen molar-refractivity contribution >= 4 is 22.8 Å². The molecule has 2 aromatic carbocycles. The van der Waals surface area contributed by atoms with Crippen LogP contribution in [0.2, 0.25) is 0 Å². The van der Waals surface area contributed by atoms with Crippen LogP contribution >= 0.6 is 0 Å². The van der Waals surface area contributed by atoms with Crippen LogP contribution in [0.3, 0.4) is 0 Å². The number of para-hydroxylation sites is 2. The second-order valence-corrected chi connectivity index (χ2v) is 4.26. The number of benzene rings is 2. The summed E-state index contributed by atoms with van der Waals surface area (Å²) in [5.41, 5.74) is 2.42. The molecule has 0 fully saturated rings. The van der Waals surface area contributed by atoms with Crippen LogP contribution in [0.1, 0.15) is 0 Å². The summed E-state index contributed by atoms with van der Waals surface area (Å²) in [6, 6.07) is 14.0. The van der Waals surface area contributed by atoms with E-state index in [0.29, 0.717) is 11.4 Å². The van der Waals surface area contributed by atoms with Crippen molar-refractivity contribution in [3.8, 4) is 5.69 Å². The van der Waals surface area contributed by atoms with Gasteiger partial charge >= 0.3 is 11.8 Å². The number of aromatic amines is 1. The van der Waals surface area contributed by atoms with E-state index in [0.717, 1.165) is 11.0 Å². The van der Waals surface area contributed by atoms with Crippen LogP contribution in [0, 0.1) is 0 Å². The van der Waals surface area contributed by atoms with Gasteiger partial charge in [0.05, 0.1) is 16.7 Å². The molecule has 1 heterocycles. The molecule has 1 aromatic heterocycles. The van der Waals surface area contributed by atoms with E-state index in [-0.39, 0.29) is 5.69 Å². The first-order valence-electron chi connectivity index (χ1n) is 5.95. The zero-order valence-electron chi connectivity index (χ0n) is 10.3. The summed E-state index contributed by atoms with van der Waals surface area (Å²) in [5.74, 6) is 0. The maximum absolute atomic E-state index is 12.0. The molecule has 0 spiro atoms. The Kier molecular flexibility index (Phi) is 2.76. The highest BCUT2D eigenvalue weighted by molar-refractivity contribution is 5.83. The molecule has 6 heteroatoms. The van der Waals surface area contributed by atoms with Crippen LogP contribution in [0.5, 0.6) is 0 Å². The van der Waals surface area contributed by atoms with Gasteiger partial charge in [-0.3, -0.25) is 9.88 Å². The molecule has 20 heavy (non-hydrogen) atoms. The van der Waals surface area contributed by atoms with Crippen molar-refractivity contribution in [1.82, 2.24) is 9.55 Å². The van der Waals surface area contributed by atoms with Gasteiger partial charge in [-0.05, 0) is 36.4 Å². The minimum absolute atomic E-state index is 0.231. The maximum Gasteiger partial charge on any atom is 0.409 e. The van der Waals surface area contributed by atoms with Crippen LogP contribution in [0.15, 0.2) is 53.3 Å². The largest absolute Gasteiger partial charge is 0.465 e. The lowest BCUT2D eigenvalue weighted by Gasteiger charge is -2.05. The molecule has 0 aliphatic carbocycles. The lowest BCUT2D eigenvalue weighted by molar-refractivity contribution is 0.210. The summed E-state index contributed by atoms with van der Waals surface area (Å²) < 4.78 is 1.54. The Hall–Kier alpha value is -3.02. The molecule has 0 radical (unpaired) electrons. The monoisotopic (exact) mass is 269 g/mol. The van der Waals surface area contributed by atoms with Crippen LogP contribution in [0.25, 0.3) is 16.7 Å². The van der Waals surface area contributed by atoms with Gasteiger partial charge in [-0.2, -0.15) is 0 Å². The van der Waals surface area contributed by atoms with E-state index < -0.39 is 6.09 Å². The van der Waals surface area contributed by atoms with E-state index in [4.69, 9.17) is 5.11 Å². The van der Waals surface area contributed by atoms with Gasteiger partial charge in [0, 0.05) is 5.69 Å². The number of H-pyrrole nitrogens is 1. The lowest BCUT2D eigenvalue weighted by atomic mass is 10.2. The van der Waals surface area contributed by atoms with Crippen molar-refractivity contribution in [1.29, 1.82) is 0 Å². The minimum Gasteiger partial charge on any atom is -0.465 e. The number of nitrogens with zero attached hydrogens (tertiary/aromatic N) is 1. The number of rotatable bonds is 2. The molecule has 0 saturated heterocycles. The van der Waals surface area contributed by atoms with Crippen molar-refractivity contribution in [2.24, 2.45) is 0 Å². The zero-order valence-corrected chi connectivity index (χ0v) is 10.3. The van der Waals surface area contributed by atoms with Crippen LogP contribution < -0.4 is 11.0 Å². The average molecular weight is 269 g/mol. The molecule has 3 N–H and O–H groups in total. The topological polar surface area (TPSA) is 87.1 Å². The standard InChI is InChI=1S/C14H11N3O3/c18-13-16-11-3-1-2-4-12(11)17(13)10-7-5-9(6-8-10)15-14(19)20/h1-8,15H,(H,16,18)(H,19,20). The summed E-state index contributed by atoms with van der Waals surface area (Å²) in [4.78, 5) is 25.3. The van der Waals surface area contributed by atoms with E-state index in [1.165, 1.54) is 0 Å². The molecule has 3 aromatic rings. The van der Waals surface area contributed by atoms with Gasteiger partial charge in [-0.25, -0.2) is 9.59 Å². The van der Waals surface area contributed by atoms with Crippen molar-refractivity contribution in [3.05, 3.63) is 59.0 Å². The van der Waals surface area contributed by atoms with Gasteiger partial charge < -0.3 is 10.1 Å². The smallest absolute Gasteiger partial charge is 0.409 e. The normalized spacial score (nSPS) is 10.6. The van der Waals surface area contributed by atoms with Crippen molar-refractivity contribution in [2.75, 3.05) is 5.32 Å². The molecule has 0 aliphatic rings. The van der Waals surface area contributed by atoms with Gasteiger partial charge in [-0.1, -0.05) is 12.1 Å². The summed E-state index contributed by atoms with van der Waals surface area (Å²) in [5, 5.41) is 10.9. The Balaban J connectivity index is 2.09. The number of hydrogen-bond donors (Lipinski definition) is 3. The van der Waals surface area contributed by atoms with Gasteiger partial charge in [-0.15, -0.1) is 0 Å². The molecular formula is C14H11N3O3. The fraction of sp³-hybridized carbons (Fsp3) is 0. The summed E-state index contributed by atoms with van der Waals surface area (Å²) in [6.45, 7) is 0. The molecule has 3 rings (SSSR count). The minimum atomic E-state index is -1.12. The molecule has 0 saturated carbocycles. The van der Waals surface area contributed by atoms with E-state index in [9.17, 15) is 9.59 Å². The number of amides is 1. The second kappa shape index (κ2) is 4.58. The quantitative estimate of drug-likeness (QED) is 0.667. The lowest BCUT2D eigenvalue weighted by Crippen LogP contribution is -2.14. The number of imidazole rings is 1. The van der Waals surface area contributed by atoms with Crippen molar-refractivity contribution in [3.63, 3.8) is 0 Å². The van der Waals surface area contributed by atoms with E-state index in [1.54, 1.807) is 28.8 Å². The van der Waals surface area contributed by atoms with Crippen LogP contribution in [-0.2, 0) is 0 Å². The van der Waals surface area contributed by atoms with Crippen molar-refractivity contribution in [2.45, 2.75) is 0 Å². The molecule has 6 nitrogen and oxygen atoms in total. The highest BCUT2D eigenvalue weighted by Crippen LogP contribution is 2.17. The second-order valence-electron chi connectivity index (χ2n) is 4.26. The van der Waals surface area contributed by atoms with Gasteiger partial charge in [0.25, 0.3) is 0 Å². The number of aromatic nitrogens is 2. The first-order chi connectivity index (χ1) is 9.65. The summed E-state index contributed by atoms with van der Waals surface area (Å²) in [6.07, 6.45) is -1.12. The third-order valence-corrected chi connectivity index (χ3v) is 2.97. The molecule has 100 valence electrons. The molecule has 0 aliphatic heterocycles. The van der Waals surface area contributed by atoms with Gasteiger partial charge in [0.1, 0.15) is 0 Å². The number of carbonyl (C=O) groups is 1. The first-order valence-corrected chi connectivity index (χ1v) is 5.95. The number of fused-ring (bicyclic) bond motifs is 1. The number of carboxylic acid groups (broad SMARTS) is 1. The Labute approximate surface area is 113 Å². The first kappa shape index (κ1) is 12.0. The van der Waals surface area contributed by atoms with E-state index in [1.807, 2.05) is 24.3 Å². The zero-order chi connectivity index (χ0) is 14.1. The predicted octanol–water partition coefficient (Wildman–Crippen LogP) is 2.41. The fourth-order valence-electron chi connectivity index (χ4n) is 2.13. The molecule has 0 bridgehead atoms. The average Bonchev–Trinajstić information content (AvgIpc) is 2.75. The van der Waals surface area contributed by atoms with Crippen LogP contribution in [0.4, 0.5) is 10.5 Å². The van der Waals surface area contributed by atoms with Crippen molar-refractivity contribution < 1.29 is 9.90 Å². The third-order valence-electron chi connectivity index (χ3n) is 2.97. The Morgan fingerprint density at radius 1 is 1.10 bits per heavy atom. The van der Waals surface area contributed by atoms with E-state index in [2.05, 4.69) is 10.3 Å². The molecule has 0 unspecified atom stereocenters.